The molecule has 0 saturated carbocycles. The number of benzene rings is 1. The Bertz CT molecular complexity index is 742. The Morgan fingerprint density at radius 1 is 1.42 bits per heavy atom. The molecule has 0 fully saturated rings. The van der Waals surface area contributed by atoms with E-state index in [1.807, 2.05) is 6.07 Å². The number of methoxy groups -OCH3 is 1. The van der Waals surface area contributed by atoms with Crippen LogP contribution in [0.25, 0.3) is 11.1 Å². The number of hydrogen-bond acceptors (Lipinski definition) is 2. The van der Waals surface area contributed by atoms with Gasteiger partial charge in [0.15, 0.2) is 12.1 Å². The zero-order valence-corrected chi connectivity index (χ0v) is 16.7. The Labute approximate surface area is 151 Å². The first-order chi connectivity index (χ1) is 11.2. The number of aldehydes is 1. The molecule has 1 aromatic carbocycles. The Balaban J connectivity index is 2.90. The molecule has 0 spiro atoms. The van der Waals surface area contributed by atoms with E-state index in [1.54, 1.807) is 14.0 Å². The second kappa shape index (κ2) is 6.83. The van der Waals surface area contributed by atoms with Crippen LogP contribution >= 0.6 is 15.9 Å². The van der Waals surface area contributed by atoms with Crippen molar-refractivity contribution in [3.63, 3.8) is 0 Å². The Morgan fingerprint density at radius 3 is 2.54 bits per heavy atom. The molecule has 0 aliphatic heterocycles. The summed E-state index contributed by atoms with van der Waals surface area (Å²) in [5.41, 5.74) is 4.36. The molecule has 0 amide bonds. The van der Waals surface area contributed by atoms with Gasteiger partial charge in [0.1, 0.15) is 5.75 Å². The van der Waals surface area contributed by atoms with Crippen LogP contribution in [0, 0.1) is 5.92 Å². The molecular weight excluding hydrogens is 371 g/mol. The second-order valence-electron chi connectivity index (χ2n) is 7.19. The minimum absolute atomic E-state index is 0.0564. The van der Waals surface area contributed by atoms with Gasteiger partial charge in [-0.1, -0.05) is 33.8 Å². The average Bonchev–Trinajstić information content (AvgIpc) is 2.51. The molecule has 0 atom stereocenters. The summed E-state index contributed by atoms with van der Waals surface area (Å²) in [4.78, 5) is 10.9. The fourth-order valence-corrected chi connectivity index (χ4v) is 4.47. The van der Waals surface area contributed by atoms with Crippen LogP contribution in [0.4, 0.5) is 4.39 Å². The van der Waals surface area contributed by atoms with Crippen molar-refractivity contribution in [1.82, 2.24) is 0 Å². The summed E-state index contributed by atoms with van der Waals surface area (Å²) in [6, 6.07) is 1.96. The molecule has 130 valence electrons. The lowest BCUT2D eigenvalue weighted by Crippen LogP contribution is -2.24. The van der Waals surface area contributed by atoms with E-state index in [-0.39, 0.29) is 17.3 Å². The van der Waals surface area contributed by atoms with Gasteiger partial charge >= 0.3 is 0 Å². The summed E-state index contributed by atoms with van der Waals surface area (Å²) in [5, 5.41) is 0. The monoisotopic (exact) mass is 394 g/mol. The molecule has 0 N–H and O–H groups in total. The normalized spacial score (nSPS) is 17.1. The predicted octanol–water partition coefficient (Wildman–Crippen LogP) is 6.08. The Kier molecular flexibility index (Phi) is 5.38. The van der Waals surface area contributed by atoms with E-state index in [0.717, 1.165) is 16.5 Å². The highest BCUT2D eigenvalue weighted by Gasteiger charge is 2.34. The van der Waals surface area contributed by atoms with Crippen LogP contribution in [-0.2, 0) is 10.2 Å². The molecule has 1 aliphatic carbocycles. The summed E-state index contributed by atoms with van der Waals surface area (Å²) >= 11 is 3.68. The highest BCUT2D eigenvalue weighted by Crippen LogP contribution is 2.50. The third-order valence-corrected chi connectivity index (χ3v) is 5.49. The Hall–Kier alpha value is -1.42. The molecular formula is C20H24BrFO2. The molecule has 0 unspecified atom stereocenters. The molecule has 0 saturated heterocycles. The van der Waals surface area contributed by atoms with E-state index in [9.17, 15) is 9.18 Å². The van der Waals surface area contributed by atoms with Crippen molar-refractivity contribution >= 4 is 33.4 Å². The van der Waals surface area contributed by atoms with Gasteiger partial charge in [0.25, 0.3) is 0 Å². The number of halogens is 2. The zero-order valence-electron chi connectivity index (χ0n) is 15.1. The number of ether oxygens (including phenoxy) is 1. The molecule has 1 aromatic rings. The van der Waals surface area contributed by atoms with E-state index in [2.05, 4.69) is 49.7 Å². The van der Waals surface area contributed by atoms with Crippen molar-refractivity contribution in [3.05, 3.63) is 39.1 Å². The number of fused-ring (bicyclic) bond motifs is 1. The van der Waals surface area contributed by atoms with E-state index >= 15 is 0 Å². The summed E-state index contributed by atoms with van der Waals surface area (Å²) in [6.07, 6.45) is 3.45. The van der Waals surface area contributed by atoms with Gasteiger partial charge in [0, 0.05) is 5.56 Å². The highest BCUT2D eigenvalue weighted by molar-refractivity contribution is 9.10. The molecule has 0 aromatic heterocycles. The SMILES string of the molecule is COc1c(/C(C)=C(/F)C=O)cc2c(c1Br)C(C)(C)CC=C2C(C)C. The van der Waals surface area contributed by atoms with Crippen molar-refractivity contribution in [2.75, 3.05) is 7.11 Å². The lowest BCUT2D eigenvalue weighted by atomic mass is 9.70. The summed E-state index contributed by atoms with van der Waals surface area (Å²) in [6.45, 7) is 10.3. The highest BCUT2D eigenvalue weighted by atomic mass is 79.9. The van der Waals surface area contributed by atoms with Gasteiger partial charge in [0.05, 0.1) is 11.6 Å². The minimum atomic E-state index is -0.773. The number of rotatable bonds is 4. The molecule has 2 rings (SSSR count). The van der Waals surface area contributed by atoms with Gasteiger partial charge in [0.2, 0.25) is 0 Å². The fourth-order valence-electron chi connectivity index (χ4n) is 3.34. The van der Waals surface area contributed by atoms with Crippen molar-refractivity contribution < 1.29 is 13.9 Å². The number of allylic oxidation sites excluding steroid dienone is 4. The molecule has 1 aliphatic rings. The predicted molar refractivity (Wildman–Crippen MR) is 101 cm³/mol. The van der Waals surface area contributed by atoms with Gasteiger partial charge < -0.3 is 4.74 Å². The van der Waals surface area contributed by atoms with Crippen molar-refractivity contribution in [2.45, 2.75) is 46.5 Å². The summed E-state index contributed by atoms with van der Waals surface area (Å²) in [7, 11) is 1.57. The quantitative estimate of drug-likeness (QED) is 0.456. The van der Waals surface area contributed by atoms with Crippen LogP contribution in [-0.4, -0.2) is 13.4 Å². The maximum Gasteiger partial charge on any atom is 0.178 e. The molecule has 4 heteroatoms. The van der Waals surface area contributed by atoms with Crippen LogP contribution in [0.15, 0.2) is 22.4 Å². The molecule has 2 nitrogen and oxygen atoms in total. The molecule has 0 radical (unpaired) electrons. The third kappa shape index (κ3) is 3.08. The topological polar surface area (TPSA) is 26.3 Å². The maximum atomic E-state index is 13.9. The second-order valence-corrected chi connectivity index (χ2v) is 7.98. The van der Waals surface area contributed by atoms with Crippen LogP contribution in [0.3, 0.4) is 0 Å². The largest absolute Gasteiger partial charge is 0.495 e. The average molecular weight is 395 g/mol. The smallest absolute Gasteiger partial charge is 0.178 e. The van der Waals surface area contributed by atoms with Crippen molar-refractivity contribution in [2.24, 2.45) is 5.92 Å². The molecule has 24 heavy (non-hydrogen) atoms. The maximum absolute atomic E-state index is 13.9. The minimum Gasteiger partial charge on any atom is -0.495 e. The zero-order chi connectivity index (χ0) is 18.2. The standard InChI is InChI=1S/C20H24BrFO2/c1-11(2)13-7-8-20(4,5)17-15(13)9-14(12(3)16(22)10-23)19(24-6)18(17)21/h7,9-11H,8H2,1-6H3/b16-12+. The lowest BCUT2D eigenvalue weighted by molar-refractivity contribution is -0.106. The molecule has 0 bridgehead atoms. The number of carbonyl (C=O) groups is 1. The van der Waals surface area contributed by atoms with E-state index < -0.39 is 5.83 Å². The first-order valence-electron chi connectivity index (χ1n) is 8.09. The lowest BCUT2D eigenvalue weighted by Gasteiger charge is -2.35. The van der Waals surface area contributed by atoms with Gasteiger partial charge in [-0.15, -0.1) is 0 Å². The van der Waals surface area contributed by atoms with Crippen LogP contribution in [0.1, 0.15) is 57.7 Å². The summed E-state index contributed by atoms with van der Waals surface area (Å²) < 4.78 is 20.3. The summed E-state index contributed by atoms with van der Waals surface area (Å²) in [5.74, 6) is 0.153. The number of carbonyl (C=O) groups excluding carboxylic acids is 1. The van der Waals surface area contributed by atoms with Gasteiger partial charge in [-0.2, -0.15) is 0 Å². The first-order valence-corrected chi connectivity index (χ1v) is 8.88. The number of hydrogen-bond donors (Lipinski definition) is 0. The van der Waals surface area contributed by atoms with Crippen LogP contribution in [0.2, 0.25) is 0 Å². The van der Waals surface area contributed by atoms with Crippen LogP contribution in [0.5, 0.6) is 5.75 Å². The Morgan fingerprint density at radius 2 is 2.04 bits per heavy atom. The first kappa shape index (κ1) is 18.9. The third-order valence-electron chi connectivity index (χ3n) is 4.73. The van der Waals surface area contributed by atoms with Gasteiger partial charge in [-0.05, 0) is 68.9 Å². The van der Waals surface area contributed by atoms with E-state index in [1.165, 1.54) is 11.1 Å². The van der Waals surface area contributed by atoms with Gasteiger partial charge in [-0.3, -0.25) is 4.79 Å². The van der Waals surface area contributed by atoms with E-state index in [4.69, 9.17) is 4.74 Å². The van der Waals surface area contributed by atoms with Crippen molar-refractivity contribution in [3.8, 4) is 5.75 Å². The van der Waals surface area contributed by atoms with Crippen molar-refractivity contribution in [1.29, 1.82) is 0 Å². The van der Waals surface area contributed by atoms with Gasteiger partial charge in [-0.25, -0.2) is 4.39 Å². The fraction of sp³-hybridized carbons (Fsp3) is 0.450. The molecule has 0 heterocycles. The van der Waals surface area contributed by atoms with Crippen LogP contribution < -0.4 is 4.74 Å². The van der Waals surface area contributed by atoms with E-state index in [0.29, 0.717) is 17.2 Å².